The largest absolute Gasteiger partial charge is 0.416 e. The van der Waals surface area contributed by atoms with Crippen LogP contribution < -0.4 is 5.32 Å². The highest BCUT2D eigenvalue weighted by atomic mass is 79.9. The second-order valence-electron chi connectivity index (χ2n) is 4.72. The fraction of sp³-hybridized carbons (Fsp3) is 0.250. The van der Waals surface area contributed by atoms with Gasteiger partial charge in [-0.1, -0.05) is 46.3 Å². The minimum absolute atomic E-state index is 0.400. The summed E-state index contributed by atoms with van der Waals surface area (Å²) in [7, 11) is 0. The smallest absolute Gasteiger partial charge is 0.312 e. The van der Waals surface area contributed by atoms with E-state index in [9.17, 15) is 13.2 Å². The molecule has 0 aliphatic rings. The van der Waals surface area contributed by atoms with Gasteiger partial charge in [-0.15, -0.1) is 0 Å². The predicted octanol–water partition coefficient (Wildman–Crippen LogP) is 4.80. The van der Waals surface area contributed by atoms with Gasteiger partial charge in [-0.2, -0.15) is 13.2 Å². The zero-order valence-electron chi connectivity index (χ0n) is 11.3. The number of alkyl halides is 3. The normalized spacial score (nSPS) is 11.6. The predicted molar refractivity (Wildman–Crippen MR) is 81.0 cm³/mol. The summed E-state index contributed by atoms with van der Waals surface area (Å²) in [4.78, 5) is 0. The lowest BCUT2D eigenvalue weighted by Crippen LogP contribution is -2.17. The van der Waals surface area contributed by atoms with Crippen molar-refractivity contribution in [2.45, 2.75) is 19.1 Å². The molecular weight excluding hydrogens is 343 g/mol. The SMILES string of the molecule is FC(F)(F)c1ccc(Br)c(CNCCc2ccccc2)c1. The van der Waals surface area contributed by atoms with Crippen molar-refractivity contribution in [1.82, 2.24) is 5.32 Å². The minimum Gasteiger partial charge on any atom is -0.312 e. The van der Waals surface area contributed by atoms with Crippen LogP contribution in [0, 0.1) is 0 Å². The van der Waals surface area contributed by atoms with Crippen molar-refractivity contribution in [1.29, 1.82) is 0 Å². The van der Waals surface area contributed by atoms with Gasteiger partial charge < -0.3 is 5.32 Å². The highest BCUT2D eigenvalue weighted by Crippen LogP contribution is 2.31. The molecule has 0 radical (unpaired) electrons. The van der Waals surface area contributed by atoms with E-state index in [-0.39, 0.29) is 0 Å². The highest BCUT2D eigenvalue weighted by Gasteiger charge is 2.30. The number of rotatable bonds is 5. The first-order valence-electron chi connectivity index (χ1n) is 6.57. The van der Waals surface area contributed by atoms with Gasteiger partial charge in [0.25, 0.3) is 0 Å². The Morgan fingerprint density at radius 3 is 2.38 bits per heavy atom. The summed E-state index contributed by atoms with van der Waals surface area (Å²) in [5.74, 6) is 0. The average molecular weight is 358 g/mol. The summed E-state index contributed by atoms with van der Waals surface area (Å²) < 4.78 is 38.7. The lowest BCUT2D eigenvalue weighted by molar-refractivity contribution is -0.137. The van der Waals surface area contributed by atoms with E-state index in [1.54, 1.807) is 0 Å². The molecule has 0 atom stereocenters. The zero-order chi connectivity index (χ0) is 15.3. The van der Waals surface area contributed by atoms with E-state index in [0.29, 0.717) is 23.1 Å². The first-order chi connectivity index (χ1) is 9.97. The van der Waals surface area contributed by atoms with Gasteiger partial charge in [-0.3, -0.25) is 0 Å². The molecule has 5 heteroatoms. The topological polar surface area (TPSA) is 12.0 Å². The van der Waals surface area contributed by atoms with Gasteiger partial charge in [-0.05, 0) is 42.3 Å². The van der Waals surface area contributed by atoms with Crippen LogP contribution in [-0.2, 0) is 19.1 Å². The van der Waals surface area contributed by atoms with Crippen LogP contribution >= 0.6 is 15.9 Å². The Bertz CT molecular complexity index is 582. The Balaban J connectivity index is 1.91. The van der Waals surface area contributed by atoms with Crippen molar-refractivity contribution in [3.63, 3.8) is 0 Å². The van der Waals surface area contributed by atoms with Crippen molar-refractivity contribution in [3.05, 3.63) is 69.7 Å². The Labute approximate surface area is 130 Å². The molecule has 1 N–H and O–H groups in total. The van der Waals surface area contributed by atoms with Gasteiger partial charge in [0.1, 0.15) is 0 Å². The number of nitrogens with one attached hydrogen (secondary N) is 1. The molecule has 0 aliphatic carbocycles. The van der Waals surface area contributed by atoms with E-state index in [0.717, 1.165) is 12.5 Å². The lowest BCUT2D eigenvalue weighted by atomic mass is 10.1. The van der Waals surface area contributed by atoms with Crippen LogP contribution in [0.1, 0.15) is 16.7 Å². The molecule has 0 aliphatic heterocycles. The lowest BCUT2D eigenvalue weighted by Gasteiger charge is -2.11. The number of benzene rings is 2. The maximum absolute atomic E-state index is 12.7. The highest BCUT2D eigenvalue weighted by molar-refractivity contribution is 9.10. The molecule has 0 aromatic heterocycles. The fourth-order valence-corrected chi connectivity index (χ4v) is 2.37. The molecule has 1 nitrogen and oxygen atoms in total. The van der Waals surface area contributed by atoms with E-state index in [2.05, 4.69) is 21.2 Å². The second kappa shape index (κ2) is 7.09. The molecule has 0 fully saturated rings. The summed E-state index contributed by atoms with van der Waals surface area (Å²) in [6.45, 7) is 1.12. The third kappa shape index (κ3) is 4.86. The molecule has 0 saturated carbocycles. The summed E-state index contributed by atoms with van der Waals surface area (Å²) in [5.41, 5.74) is 1.19. The van der Waals surface area contributed by atoms with Gasteiger partial charge in [0, 0.05) is 11.0 Å². The summed E-state index contributed by atoms with van der Waals surface area (Å²) in [6, 6.07) is 13.7. The van der Waals surface area contributed by atoms with Crippen LogP contribution in [0.4, 0.5) is 13.2 Å². The average Bonchev–Trinajstić information content (AvgIpc) is 2.45. The Kier molecular flexibility index (Phi) is 5.42. The fourth-order valence-electron chi connectivity index (χ4n) is 1.99. The summed E-state index contributed by atoms with van der Waals surface area (Å²) in [6.07, 6.45) is -3.46. The summed E-state index contributed by atoms with van der Waals surface area (Å²) in [5, 5.41) is 3.17. The third-order valence-corrected chi connectivity index (χ3v) is 3.90. The summed E-state index contributed by atoms with van der Waals surface area (Å²) >= 11 is 3.29. The molecule has 0 amide bonds. The molecule has 21 heavy (non-hydrogen) atoms. The van der Waals surface area contributed by atoms with Gasteiger partial charge in [-0.25, -0.2) is 0 Å². The standard InChI is InChI=1S/C16H15BrF3N/c17-15-7-6-14(16(18,19)20)10-13(15)11-21-9-8-12-4-2-1-3-5-12/h1-7,10,21H,8-9,11H2. The van der Waals surface area contributed by atoms with E-state index in [1.807, 2.05) is 30.3 Å². The molecule has 2 aromatic carbocycles. The van der Waals surface area contributed by atoms with Crippen molar-refractivity contribution in [2.75, 3.05) is 6.54 Å². The van der Waals surface area contributed by atoms with Gasteiger partial charge in [0.15, 0.2) is 0 Å². The van der Waals surface area contributed by atoms with E-state index < -0.39 is 11.7 Å². The Morgan fingerprint density at radius 2 is 1.71 bits per heavy atom. The molecular formula is C16H15BrF3N. The quantitative estimate of drug-likeness (QED) is 0.757. The van der Waals surface area contributed by atoms with Crippen LogP contribution in [0.15, 0.2) is 53.0 Å². The van der Waals surface area contributed by atoms with E-state index >= 15 is 0 Å². The van der Waals surface area contributed by atoms with Crippen LogP contribution in [0.2, 0.25) is 0 Å². The number of halogens is 4. The van der Waals surface area contributed by atoms with E-state index in [4.69, 9.17) is 0 Å². The van der Waals surface area contributed by atoms with Crippen molar-refractivity contribution < 1.29 is 13.2 Å². The molecule has 0 unspecified atom stereocenters. The minimum atomic E-state index is -4.31. The van der Waals surface area contributed by atoms with Gasteiger partial charge in [0.05, 0.1) is 5.56 Å². The first-order valence-corrected chi connectivity index (χ1v) is 7.36. The first kappa shape index (κ1) is 16.0. The second-order valence-corrected chi connectivity index (χ2v) is 5.57. The molecule has 0 heterocycles. The third-order valence-electron chi connectivity index (χ3n) is 3.12. The van der Waals surface area contributed by atoms with Gasteiger partial charge >= 0.3 is 6.18 Å². The van der Waals surface area contributed by atoms with Crippen LogP contribution in [0.25, 0.3) is 0 Å². The Morgan fingerprint density at radius 1 is 1.00 bits per heavy atom. The molecule has 0 spiro atoms. The molecule has 0 saturated heterocycles. The van der Waals surface area contributed by atoms with Gasteiger partial charge in [0.2, 0.25) is 0 Å². The van der Waals surface area contributed by atoms with Crippen LogP contribution in [-0.4, -0.2) is 6.54 Å². The maximum atomic E-state index is 12.7. The molecule has 0 bridgehead atoms. The van der Waals surface area contributed by atoms with E-state index in [1.165, 1.54) is 17.7 Å². The zero-order valence-corrected chi connectivity index (χ0v) is 12.8. The number of hydrogen-bond acceptors (Lipinski definition) is 1. The molecule has 112 valence electrons. The molecule has 2 rings (SSSR count). The van der Waals surface area contributed by atoms with Crippen molar-refractivity contribution in [2.24, 2.45) is 0 Å². The monoisotopic (exact) mass is 357 g/mol. The number of hydrogen-bond donors (Lipinski definition) is 1. The van der Waals surface area contributed by atoms with Crippen LogP contribution in [0.5, 0.6) is 0 Å². The maximum Gasteiger partial charge on any atom is 0.416 e. The van der Waals surface area contributed by atoms with Crippen molar-refractivity contribution in [3.8, 4) is 0 Å². The Hall–Kier alpha value is -1.33. The van der Waals surface area contributed by atoms with Crippen LogP contribution in [0.3, 0.4) is 0 Å². The van der Waals surface area contributed by atoms with Crippen molar-refractivity contribution >= 4 is 15.9 Å². The molecule has 2 aromatic rings.